The molecule has 0 aliphatic rings. The quantitative estimate of drug-likeness (QED) is 0.728. The Bertz CT molecular complexity index is 992. The number of aryl methyl sites for hydroxylation is 1. The standard InChI is InChI=1S/C12H11N5O3S3/c1-6-15-16-11(21-6)14-10(18)7-3-4-8-9(5-7)22-12(13-8)17-23(2,19)20/h3-5H,1-2H3,(H,13,17)(H,14,16,18). The monoisotopic (exact) mass is 369 g/mol. The fraction of sp³-hybridized carbons (Fsp3) is 0.167. The van der Waals surface area contributed by atoms with Crippen LogP contribution in [0.1, 0.15) is 15.4 Å². The fourth-order valence-electron chi connectivity index (χ4n) is 1.78. The molecule has 0 radical (unpaired) electrons. The van der Waals surface area contributed by atoms with E-state index in [0.717, 1.165) is 22.6 Å². The van der Waals surface area contributed by atoms with Crippen LogP contribution in [0, 0.1) is 6.92 Å². The molecule has 2 N–H and O–H groups in total. The van der Waals surface area contributed by atoms with Crippen molar-refractivity contribution in [2.45, 2.75) is 6.92 Å². The normalized spacial score (nSPS) is 11.6. The smallest absolute Gasteiger partial charge is 0.257 e. The summed E-state index contributed by atoms with van der Waals surface area (Å²) in [6.07, 6.45) is 1.06. The highest BCUT2D eigenvalue weighted by Crippen LogP contribution is 2.27. The van der Waals surface area contributed by atoms with Crippen LogP contribution in [-0.4, -0.2) is 35.8 Å². The van der Waals surface area contributed by atoms with E-state index in [1.165, 1.54) is 11.3 Å². The molecule has 1 aromatic carbocycles. The molecule has 0 aliphatic heterocycles. The maximum absolute atomic E-state index is 12.2. The predicted octanol–water partition coefficient (Wildman–Crippen LogP) is 2.08. The van der Waals surface area contributed by atoms with Crippen molar-refractivity contribution in [2.24, 2.45) is 0 Å². The lowest BCUT2D eigenvalue weighted by molar-refractivity contribution is 0.102. The lowest BCUT2D eigenvalue weighted by atomic mass is 10.2. The summed E-state index contributed by atoms with van der Waals surface area (Å²) in [5, 5.41) is 11.8. The van der Waals surface area contributed by atoms with Gasteiger partial charge in [0.1, 0.15) is 5.01 Å². The number of nitrogens with one attached hydrogen (secondary N) is 2. The van der Waals surface area contributed by atoms with Crippen LogP contribution in [0.3, 0.4) is 0 Å². The molecule has 0 unspecified atom stereocenters. The van der Waals surface area contributed by atoms with Gasteiger partial charge in [0.25, 0.3) is 5.91 Å². The zero-order chi connectivity index (χ0) is 16.6. The van der Waals surface area contributed by atoms with E-state index in [0.29, 0.717) is 20.9 Å². The Balaban J connectivity index is 1.85. The van der Waals surface area contributed by atoms with Crippen molar-refractivity contribution in [2.75, 3.05) is 16.3 Å². The van der Waals surface area contributed by atoms with E-state index in [1.54, 1.807) is 25.1 Å². The Kier molecular flexibility index (Phi) is 4.00. The number of rotatable bonds is 4. The van der Waals surface area contributed by atoms with E-state index in [2.05, 4.69) is 25.2 Å². The van der Waals surface area contributed by atoms with Crippen LogP contribution < -0.4 is 10.0 Å². The Labute approximate surface area is 139 Å². The van der Waals surface area contributed by atoms with Gasteiger partial charge in [0.2, 0.25) is 15.2 Å². The zero-order valence-corrected chi connectivity index (χ0v) is 14.5. The first-order valence-corrected chi connectivity index (χ1v) is 9.82. The van der Waals surface area contributed by atoms with E-state index < -0.39 is 10.0 Å². The van der Waals surface area contributed by atoms with E-state index in [9.17, 15) is 13.2 Å². The third kappa shape index (κ3) is 3.81. The maximum Gasteiger partial charge on any atom is 0.257 e. The van der Waals surface area contributed by atoms with Crippen molar-refractivity contribution in [1.29, 1.82) is 0 Å². The second kappa shape index (κ2) is 5.83. The Morgan fingerprint density at radius 1 is 1.17 bits per heavy atom. The number of nitrogens with zero attached hydrogens (tertiary/aromatic N) is 3. The minimum absolute atomic E-state index is 0.264. The number of thiazole rings is 1. The second-order valence-corrected chi connectivity index (χ2v) is 8.62. The summed E-state index contributed by atoms with van der Waals surface area (Å²) < 4.78 is 25.5. The summed E-state index contributed by atoms with van der Waals surface area (Å²) in [6, 6.07) is 4.94. The summed E-state index contributed by atoms with van der Waals surface area (Å²) in [4.78, 5) is 16.4. The van der Waals surface area contributed by atoms with E-state index >= 15 is 0 Å². The number of fused-ring (bicyclic) bond motifs is 1. The molecular formula is C12H11N5O3S3. The van der Waals surface area contributed by atoms with E-state index in [-0.39, 0.29) is 11.0 Å². The number of carbonyl (C=O) groups excluding carboxylic acids is 1. The zero-order valence-electron chi connectivity index (χ0n) is 12.0. The second-order valence-electron chi connectivity index (χ2n) is 4.66. The van der Waals surface area contributed by atoms with Crippen LogP contribution in [0.4, 0.5) is 10.3 Å². The number of amides is 1. The van der Waals surface area contributed by atoms with Crippen LogP contribution in [0.15, 0.2) is 18.2 Å². The summed E-state index contributed by atoms with van der Waals surface area (Å²) in [6.45, 7) is 1.80. The number of benzene rings is 1. The van der Waals surface area contributed by atoms with Crippen molar-refractivity contribution in [1.82, 2.24) is 15.2 Å². The summed E-state index contributed by atoms with van der Waals surface area (Å²) in [7, 11) is -3.38. The van der Waals surface area contributed by atoms with Gasteiger partial charge in [-0.25, -0.2) is 13.4 Å². The highest BCUT2D eigenvalue weighted by molar-refractivity contribution is 7.92. The molecule has 8 nitrogen and oxygen atoms in total. The molecular weight excluding hydrogens is 358 g/mol. The topological polar surface area (TPSA) is 114 Å². The van der Waals surface area contributed by atoms with Gasteiger partial charge in [-0.05, 0) is 25.1 Å². The van der Waals surface area contributed by atoms with Crippen LogP contribution in [-0.2, 0) is 10.0 Å². The van der Waals surface area contributed by atoms with Gasteiger partial charge >= 0.3 is 0 Å². The molecule has 23 heavy (non-hydrogen) atoms. The molecule has 3 aromatic rings. The molecule has 1 amide bonds. The Hall–Kier alpha value is -2.11. The van der Waals surface area contributed by atoms with Crippen molar-refractivity contribution in [3.8, 4) is 0 Å². The molecule has 0 saturated heterocycles. The first-order valence-electron chi connectivity index (χ1n) is 6.30. The molecule has 2 heterocycles. The number of hydrogen-bond donors (Lipinski definition) is 2. The number of aromatic nitrogens is 3. The highest BCUT2D eigenvalue weighted by Gasteiger charge is 2.13. The molecule has 0 saturated carbocycles. The van der Waals surface area contributed by atoms with Crippen molar-refractivity contribution in [3.63, 3.8) is 0 Å². The number of sulfonamides is 1. The average Bonchev–Trinajstić information content (AvgIpc) is 3.01. The van der Waals surface area contributed by atoms with Gasteiger partial charge in [-0.1, -0.05) is 22.7 Å². The first kappa shape index (κ1) is 15.8. The SMILES string of the molecule is Cc1nnc(NC(=O)c2ccc3nc(NS(C)(=O)=O)sc3c2)s1. The van der Waals surface area contributed by atoms with Gasteiger partial charge in [0, 0.05) is 5.56 Å². The minimum atomic E-state index is -3.38. The lowest BCUT2D eigenvalue weighted by Crippen LogP contribution is -2.11. The molecule has 3 rings (SSSR count). The van der Waals surface area contributed by atoms with Crippen LogP contribution in [0.2, 0.25) is 0 Å². The van der Waals surface area contributed by atoms with Crippen LogP contribution in [0.5, 0.6) is 0 Å². The fourth-order valence-corrected chi connectivity index (χ4v) is 4.11. The van der Waals surface area contributed by atoms with Gasteiger partial charge in [-0.3, -0.25) is 14.8 Å². The van der Waals surface area contributed by atoms with Crippen molar-refractivity contribution in [3.05, 3.63) is 28.8 Å². The molecule has 0 spiro atoms. The summed E-state index contributed by atoms with van der Waals surface area (Å²) in [5.41, 5.74) is 1.05. The largest absolute Gasteiger partial charge is 0.296 e. The molecule has 0 atom stereocenters. The molecule has 120 valence electrons. The summed E-state index contributed by atoms with van der Waals surface area (Å²) >= 11 is 2.44. The maximum atomic E-state index is 12.2. The van der Waals surface area contributed by atoms with E-state index in [1.807, 2.05) is 0 Å². The predicted molar refractivity (Wildman–Crippen MR) is 90.7 cm³/mol. The molecule has 0 fully saturated rings. The van der Waals surface area contributed by atoms with Gasteiger partial charge < -0.3 is 0 Å². The first-order chi connectivity index (χ1) is 10.8. The molecule has 0 aliphatic carbocycles. The van der Waals surface area contributed by atoms with Crippen molar-refractivity contribution < 1.29 is 13.2 Å². The van der Waals surface area contributed by atoms with Crippen LogP contribution >= 0.6 is 22.7 Å². The van der Waals surface area contributed by atoms with Gasteiger partial charge in [-0.15, -0.1) is 10.2 Å². The number of anilines is 2. The van der Waals surface area contributed by atoms with Crippen molar-refractivity contribution >= 4 is 59.1 Å². The molecule has 11 heteroatoms. The Morgan fingerprint density at radius 2 is 1.96 bits per heavy atom. The molecule has 2 aromatic heterocycles. The number of carbonyl (C=O) groups is 1. The number of hydrogen-bond acceptors (Lipinski definition) is 8. The van der Waals surface area contributed by atoms with Gasteiger partial charge in [0.05, 0.1) is 16.5 Å². The molecule has 0 bridgehead atoms. The van der Waals surface area contributed by atoms with Gasteiger partial charge in [-0.2, -0.15) is 0 Å². The average molecular weight is 369 g/mol. The minimum Gasteiger partial charge on any atom is -0.296 e. The lowest BCUT2D eigenvalue weighted by Gasteiger charge is -2.00. The third-order valence-corrected chi connectivity index (χ3v) is 5.05. The van der Waals surface area contributed by atoms with Crippen LogP contribution in [0.25, 0.3) is 10.2 Å². The summed E-state index contributed by atoms with van der Waals surface area (Å²) in [5.74, 6) is -0.311. The van der Waals surface area contributed by atoms with E-state index in [4.69, 9.17) is 0 Å². The van der Waals surface area contributed by atoms with Gasteiger partial charge in [0.15, 0.2) is 5.13 Å². The Morgan fingerprint density at radius 3 is 2.61 bits per heavy atom. The highest BCUT2D eigenvalue weighted by atomic mass is 32.2. The third-order valence-electron chi connectivity index (χ3n) is 2.67.